The van der Waals surface area contributed by atoms with Gasteiger partial charge in [-0.2, -0.15) is 0 Å². The maximum atomic E-state index is 13.2. The predicted molar refractivity (Wildman–Crippen MR) is 190 cm³/mol. The highest BCUT2D eigenvalue weighted by atomic mass is 31.2. The van der Waals surface area contributed by atoms with Gasteiger partial charge in [0.25, 0.3) is 0 Å². The molecular formula is C35H55N4O7P. The molecule has 3 amide bonds. The summed E-state index contributed by atoms with van der Waals surface area (Å²) in [6.45, 7) is 17.5. The number of carbonyl (C=O) groups excluding carboxylic acids is 3. The van der Waals surface area contributed by atoms with Crippen LogP contribution in [0.5, 0.6) is 0 Å². The molecule has 2 aromatic rings. The van der Waals surface area contributed by atoms with Crippen LogP contribution in [0.1, 0.15) is 70.9 Å². The molecular weight excluding hydrogens is 619 g/mol. The van der Waals surface area contributed by atoms with Crippen LogP contribution in [0.3, 0.4) is 0 Å². The van der Waals surface area contributed by atoms with Crippen molar-refractivity contribution in [2.75, 3.05) is 68.9 Å². The van der Waals surface area contributed by atoms with E-state index in [1.807, 2.05) is 56.3 Å². The molecule has 0 fully saturated rings. The van der Waals surface area contributed by atoms with Crippen LogP contribution in [0, 0.1) is 18.8 Å². The molecule has 0 spiro atoms. The Bertz CT molecular complexity index is 1330. The van der Waals surface area contributed by atoms with Gasteiger partial charge in [0.2, 0.25) is 6.79 Å². The minimum Gasteiger partial charge on any atom is -0.428 e. The highest BCUT2D eigenvalue weighted by Crippen LogP contribution is 2.37. The van der Waals surface area contributed by atoms with Crippen LogP contribution in [0.15, 0.2) is 42.5 Å². The lowest BCUT2D eigenvalue weighted by atomic mass is 9.92. The number of benzene rings is 2. The summed E-state index contributed by atoms with van der Waals surface area (Å²) in [5.41, 5.74) is 4.24. The van der Waals surface area contributed by atoms with Crippen molar-refractivity contribution in [3.8, 4) is 0 Å². The molecule has 0 unspecified atom stereocenters. The van der Waals surface area contributed by atoms with Crippen molar-refractivity contribution in [2.24, 2.45) is 11.8 Å². The van der Waals surface area contributed by atoms with Crippen molar-refractivity contribution >= 4 is 42.5 Å². The van der Waals surface area contributed by atoms with E-state index in [-0.39, 0.29) is 25.0 Å². The van der Waals surface area contributed by atoms with Crippen molar-refractivity contribution in [1.82, 2.24) is 4.90 Å². The Labute approximate surface area is 281 Å². The highest BCUT2D eigenvalue weighted by molar-refractivity contribution is 7.57. The third-order valence-electron chi connectivity index (χ3n) is 7.22. The van der Waals surface area contributed by atoms with E-state index in [1.54, 1.807) is 7.05 Å². The van der Waals surface area contributed by atoms with E-state index in [0.29, 0.717) is 42.6 Å². The van der Waals surface area contributed by atoms with Gasteiger partial charge in [-0.05, 0) is 67.3 Å². The number of anilines is 3. The molecule has 2 rings (SSSR count). The molecule has 0 aliphatic rings. The number of ether oxygens (including phenoxy) is 2. The van der Waals surface area contributed by atoms with Gasteiger partial charge in [-0.15, -0.1) is 0 Å². The van der Waals surface area contributed by atoms with Gasteiger partial charge >= 0.3 is 18.1 Å². The Morgan fingerprint density at radius 2 is 1.55 bits per heavy atom. The van der Waals surface area contributed by atoms with Gasteiger partial charge in [-0.3, -0.25) is 9.36 Å². The molecule has 47 heavy (non-hydrogen) atoms. The topological polar surface area (TPSA) is 127 Å². The number of nitrogens with one attached hydrogen (secondary N) is 2. The first-order valence-electron chi connectivity index (χ1n) is 16.3. The van der Waals surface area contributed by atoms with Gasteiger partial charge in [-0.1, -0.05) is 58.4 Å². The molecule has 0 saturated heterocycles. The molecule has 12 heteroatoms. The molecule has 2 N–H and O–H groups in total. The minimum absolute atomic E-state index is 0.0748. The fourth-order valence-electron chi connectivity index (χ4n) is 4.95. The van der Waals surface area contributed by atoms with Gasteiger partial charge in [0, 0.05) is 45.7 Å². The monoisotopic (exact) mass is 674 g/mol. The van der Waals surface area contributed by atoms with Crippen LogP contribution in [-0.4, -0.2) is 76.4 Å². The normalized spacial score (nSPS) is 12.1. The van der Waals surface area contributed by atoms with Crippen molar-refractivity contribution in [3.05, 3.63) is 53.6 Å². The van der Waals surface area contributed by atoms with Crippen LogP contribution in [0.25, 0.3) is 0 Å². The summed E-state index contributed by atoms with van der Waals surface area (Å²) in [5.74, 6) is 0.119. The number of rotatable bonds is 18. The lowest BCUT2D eigenvalue weighted by Crippen LogP contribution is -2.32. The maximum absolute atomic E-state index is 13.2. The largest absolute Gasteiger partial charge is 0.428 e. The van der Waals surface area contributed by atoms with Crippen LogP contribution >= 0.6 is 7.37 Å². The van der Waals surface area contributed by atoms with E-state index in [9.17, 15) is 18.9 Å². The first kappa shape index (κ1) is 39.6. The Morgan fingerprint density at radius 3 is 2.13 bits per heavy atom. The summed E-state index contributed by atoms with van der Waals surface area (Å²) in [5, 5.41) is 5.98. The highest BCUT2D eigenvalue weighted by Gasteiger charge is 2.21. The lowest BCUT2D eigenvalue weighted by molar-refractivity contribution is -0.152. The smallest absolute Gasteiger partial charge is 0.412 e. The molecule has 0 aromatic heterocycles. The maximum Gasteiger partial charge on any atom is 0.412 e. The predicted octanol–water partition coefficient (Wildman–Crippen LogP) is 8.15. The first-order valence-corrected chi connectivity index (χ1v) is 18.9. The van der Waals surface area contributed by atoms with Crippen molar-refractivity contribution in [2.45, 2.75) is 66.7 Å². The average Bonchev–Trinajstić information content (AvgIpc) is 2.97. The van der Waals surface area contributed by atoms with Gasteiger partial charge in [-0.25, -0.2) is 9.59 Å². The zero-order valence-corrected chi connectivity index (χ0v) is 30.5. The lowest BCUT2D eigenvalue weighted by Gasteiger charge is -2.31. The summed E-state index contributed by atoms with van der Waals surface area (Å²) >= 11 is 0. The average molecular weight is 675 g/mol. The zero-order valence-electron chi connectivity index (χ0n) is 29.6. The van der Waals surface area contributed by atoms with E-state index in [4.69, 9.17) is 14.0 Å². The first-order chi connectivity index (χ1) is 22.1. The van der Waals surface area contributed by atoms with Gasteiger partial charge in [0.1, 0.15) is 0 Å². The Morgan fingerprint density at radius 1 is 0.915 bits per heavy atom. The Balaban J connectivity index is 2.12. The fourth-order valence-corrected chi connectivity index (χ4v) is 5.52. The standard InChI is InChI=1S/C35H55N4O7P/c1-10-28(21-33(40)44-24-45-35(42)38(7)18-11-19-46-47(8,9)43)29-14-17-32(39(22-25(2)3)23-26(4)5)31(20-29)37-34(41)36-30-15-12-27(6)13-16-30/h12-17,20,25-26,28H,10-11,18-19,21-24H2,1-9H3,(H2,36,37,41)/t28-/m0/s1. The second-order valence-electron chi connectivity index (χ2n) is 13.1. The van der Waals surface area contributed by atoms with Gasteiger partial charge < -0.3 is 34.4 Å². The number of amides is 3. The van der Waals surface area contributed by atoms with Gasteiger partial charge in [0.05, 0.1) is 24.4 Å². The fraction of sp³-hybridized carbons (Fsp3) is 0.571. The number of nitrogens with zero attached hydrogens (tertiary/aromatic N) is 2. The minimum atomic E-state index is -2.57. The van der Waals surface area contributed by atoms with Crippen LogP contribution in [0.2, 0.25) is 0 Å². The SMILES string of the molecule is CC[C@@H](CC(=O)OCOC(=O)N(C)CCCOP(C)(C)=O)c1ccc(N(CC(C)C)CC(C)C)c(NC(=O)Nc2ccc(C)cc2)c1. The van der Waals surface area contributed by atoms with Crippen LogP contribution in [0.4, 0.5) is 26.7 Å². The molecule has 11 nitrogen and oxygen atoms in total. The Kier molecular flexibility index (Phi) is 16.3. The molecule has 1 atom stereocenters. The third kappa shape index (κ3) is 15.3. The number of carbonyl (C=O) groups is 3. The van der Waals surface area contributed by atoms with E-state index >= 15 is 0 Å². The molecule has 2 aromatic carbocycles. The van der Waals surface area contributed by atoms with Crippen LogP contribution < -0.4 is 15.5 Å². The van der Waals surface area contributed by atoms with Crippen molar-refractivity contribution in [1.29, 1.82) is 0 Å². The summed E-state index contributed by atoms with van der Waals surface area (Å²) in [6.07, 6.45) is 0.581. The zero-order chi connectivity index (χ0) is 35.1. The van der Waals surface area contributed by atoms with E-state index in [1.165, 1.54) is 18.2 Å². The molecule has 0 bridgehead atoms. The molecule has 0 heterocycles. The van der Waals surface area contributed by atoms with Gasteiger partial charge in [0.15, 0.2) is 7.37 Å². The number of urea groups is 1. The number of hydrogen-bond donors (Lipinski definition) is 2. The molecule has 0 saturated carbocycles. The van der Waals surface area contributed by atoms with E-state index in [0.717, 1.165) is 29.9 Å². The van der Waals surface area contributed by atoms with E-state index < -0.39 is 26.2 Å². The van der Waals surface area contributed by atoms with Crippen LogP contribution in [-0.2, 0) is 23.4 Å². The molecule has 0 aliphatic heterocycles. The van der Waals surface area contributed by atoms with Crippen molar-refractivity contribution < 1.29 is 32.9 Å². The second kappa shape index (κ2) is 19.3. The summed E-state index contributed by atoms with van der Waals surface area (Å²) in [4.78, 5) is 41.9. The molecule has 262 valence electrons. The summed E-state index contributed by atoms with van der Waals surface area (Å²) in [7, 11) is -1.01. The van der Waals surface area contributed by atoms with Crippen molar-refractivity contribution in [3.63, 3.8) is 0 Å². The molecule has 0 aliphatic carbocycles. The Hall–Kier alpha value is -3.56. The number of hydrogen-bond acceptors (Lipinski definition) is 8. The quantitative estimate of drug-likeness (QED) is 0.0702. The third-order valence-corrected chi connectivity index (χ3v) is 8.03. The molecule has 0 radical (unpaired) electrons. The summed E-state index contributed by atoms with van der Waals surface area (Å²) < 4.78 is 27.2. The number of esters is 1. The second-order valence-corrected chi connectivity index (χ2v) is 15.9. The summed E-state index contributed by atoms with van der Waals surface area (Å²) in [6, 6.07) is 13.2. The van der Waals surface area contributed by atoms with E-state index in [2.05, 4.69) is 43.2 Å². The number of aryl methyl sites for hydroxylation is 1.